The Morgan fingerprint density at radius 1 is 1.26 bits per heavy atom. The maximum absolute atomic E-state index is 6.48. The lowest BCUT2D eigenvalue weighted by molar-refractivity contribution is 0.0974. The maximum Gasteiger partial charge on any atom is 0.181 e. The molecule has 8 nitrogen and oxygen atoms in total. The van der Waals surface area contributed by atoms with E-state index >= 15 is 0 Å². The second-order valence-electron chi connectivity index (χ2n) is 8.45. The molecule has 164 valence electrons. The van der Waals surface area contributed by atoms with Gasteiger partial charge >= 0.3 is 0 Å². The first kappa shape index (κ1) is 20.8. The summed E-state index contributed by atoms with van der Waals surface area (Å²) in [6, 6.07) is 1.95. The van der Waals surface area contributed by atoms with E-state index in [1.807, 2.05) is 19.2 Å². The van der Waals surface area contributed by atoms with Gasteiger partial charge in [0, 0.05) is 48.0 Å². The van der Waals surface area contributed by atoms with Crippen LogP contribution >= 0.6 is 23.4 Å². The summed E-state index contributed by atoms with van der Waals surface area (Å²) in [5, 5.41) is 1.41. The van der Waals surface area contributed by atoms with Gasteiger partial charge in [0.05, 0.1) is 23.4 Å². The number of hydrogen-bond donors (Lipinski definition) is 2. The second kappa shape index (κ2) is 7.81. The second-order valence-corrected chi connectivity index (χ2v) is 9.86. The minimum atomic E-state index is 0.0739. The van der Waals surface area contributed by atoms with Crippen molar-refractivity contribution in [3.8, 4) is 0 Å². The van der Waals surface area contributed by atoms with Crippen LogP contribution in [0.15, 0.2) is 34.6 Å². The van der Waals surface area contributed by atoms with Crippen LogP contribution in [0.25, 0.3) is 5.65 Å². The predicted octanol–water partition coefficient (Wildman–Crippen LogP) is 3.15. The van der Waals surface area contributed by atoms with Crippen LogP contribution in [-0.4, -0.2) is 51.2 Å². The molecule has 0 saturated carbocycles. The summed E-state index contributed by atoms with van der Waals surface area (Å²) in [7, 11) is 0. The van der Waals surface area contributed by atoms with E-state index in [2.05, 4.69) is 26.2 Å². The summed E-state index contributed by atoms with van der Waals surface area (Å²) in [6.45, 7) is 6.61. The van der Waals surface area contributed by atoms with Gasteiger partial charge in [-0.2, -0.15) is 0 Å². The zero-order chi connectivity index (χ0) is 21.8. The van der Waals surface area contributed by atoms with Crippen molar-refractivity contribution in [3.63, 3.8) is 0 Å². The molecule has 2 atom stereocenters. The van der Waals surface area contributed by atoms with Crippen LogP contribution in [-0.2, 0) is 4.74 Å². The van der Waals surface area contributed by atoms with E-state index in [1.165, 1.54) is 11.8 Å². The average molecular weight is 460 g/mol. The first-order valence-corrected chi connectivity index (χ1v) is 11.6. The fourth-order valence-electron chi connectivity index (χ4n) is 4.66. The van der Waals surface area contributed by atoms with Crippen molar-refractivity contribution in [2.24, 2.45) is 11.1 Å². The highest BCUT2D eigenvalue weighted by Gasteiger charge is 2.47. The zero-order valence-corrected chi connectivity index (χ0v) is 19.2. The number of hydrogen-bond acceptors (Lipinski definition) is 8. The van der Waals surface area contributed by atoms with Gasteiger partial charge in [0.2, 0.25) is 0 Å². The molecule has 2 aliphatic rings. The third-order valence-electron chi connectivity index (χ3n) is 6.64. The van der Waals surface area contributed by atoms with Crippen LogP contribution in [0.4, 0.5) is 11.6 Å². The molecule has 0 amide bonds. The Bertz CT molecular complexity index is 1130. The number of ether oxygens (including phenoxy) is 1. The predicted molar refractivity (Wildman–Crippen MR) is 123 cm³/mol. The van der Waals surface area contributed by atoms with Gasteiger partial charge in [0.25, 0.3) is 0 Å². The van der Waals surface area contributed by atoms with Crippen LogP contribution in [0.5, 0.6) is 0 Å². The molecule has 0 aliphatic carbocycles. The van der Waals surface area contributed by atoms with E-state index in [1.54, 1.807) is 12.4 Å². The third-order valence-corrected chi connectivity index (χ3v) is 8.39. The van der Waals surface area contributed by atoms with Crippen molar-refractivity contribution in [2.45, 2.75) is 48.8 Å². The van der Waals surface area contributed by atoms with Crippen molar-refractivity contribution in [2.75, 3.05) is 30.3 Å². The van der Waals surface area contributed by atoms with E-state index in [4.69, 9.17) is 32.8 Å². The quantitative estimate of drug-likeness (QED) is 0.615. The van der Waals surface area contributed by atoms with Gasteiger partial charge in [-0.1, -0.05) is 23.4 Å². The van der Waals surface area contributed by atoms with Crippen molar-refractivity contribution in [1.29, 1.82) is 0 Å². The lowest BCUT2D eigenvalue weighted by Gasteiger charge is -2.41. The smallest absolute Gasteiger partial charge is 0.181 e. The fraction of sp³-hybridized carbons (Fsp3) is 0.476. The fourth-order valence-corrected chi connectivity index (χ4v) is 5.86. The third kappa shape index (κ3) is 3.44. The number of nitrogen functional groups attached to an aromatic ring is 1. The molecule has 2 fully saturated rings. The molecule has 0 unspecified atom stereocenters. The number of rotatable bonds is 3. The highest BCUT2D eigenvalue weighted by Crippen LogP contribution is 2.43. The molecular formula is C21H26ClN7OS. The maximum atomic E-state index is 6.48. The standard InChI is InChI=1S/C21H26ClN7OS/c1-12-20(31-14-3-6-25-17(24)15(14)22)29-10-7-26-18(29)19(27-12)28-8-4-21(5-9-28)11-30-13(2)16(21)23/h3,6-7,10,13,16H,4-5,8-9,11,23H2,1-2H3,(H2,24,25)/t13-,16+/m0/s1. The van der Waals surface area contributed by atoms with Gasteiger partial charge < -0.3 is 21.1 Å². The minimum Gasteiger partial charge on any atom is -0.382 e. The van der Waals surface area contributed by atoms with Gasteiger partial charge in [0.15, 0.2) is 11.5 Å². The Hall–Kier alpha value is -2.07. The Morgan fingerprint density at radius 2 is 2.03 bits per heavy atom. The Kier molecular flexibility index (Phi) is 5.24. The lowest BCUT2D eigenvalue weighted by Crippen LogP contribution is -2.50. The number of imidazole rings is 1. The van der Waals surface area contributed by atoms with Gasteiger partial charge in [-0.3, -0.25) is 4.40 Å². The molecule has 0 radical (unpaired) electrons. The van der Waals surface area contributed by atoms with E-state index < -0.39 is 0 Å². The van der Waals surface area contributed by atoms with Gasteiger partial charge in [0.1, 0.15) is 10.8 Å². The van der Waals surface area contributed by atoms with Crippen LogP contribution in [0.1, 0.15) is 25.5 Å². The number of halogens is 1. The molecule has 3 aromatic rings. The number of nitrogens with zero attached hydrogens (tertiary/aromatic N) is 5. The van der Waals surface area contributed by atoms with E-state index in [-0.39, 0.29) is 17.6 Å². The number of piperidine rings is 1. The molecular weight excluding hydrogens is 434 g/mol. The molecule has 5 heterocycles. The van der Waals surface area contributed by atoms with E-state index in [9.17, 15) is 0 Å². The van der Waals surface area contributed by atoms with Crippen molar-refractivity contribution >= 4 is 40.6 Å². The summed E-state index contributed by atoms with van der Waals surface area (Å²) in [4.78, 5) is 16.8. The first-order chi connectivity index (χ1) is 14.9. The van der Waals surface area contributed by atoms with Crippen molar-refractivity contribution < 1.29 is 4.74 Å². The normalized spacial score (nSPS) is 23.2. The minimum absolute atomic E-state index is 0.0739. The molecule has 5 rings (SSSR count). The zero-order valence-electron chi connectivity index (χ0n) is 17.6. The van der Waals surface area contributed by atoms with Crippen LogP contribution < -0.4 is 16.4 Å². The first-order valence-electron chi connectivity index (χ1n) is 10.4. The Morgan fingerprint density at radius 3 is 2.74 bits per heavy atom. The van der Waals surface area contributed by atoms with Crippen LogP contribution in [0.3, 0.4) is 0 Å². The molecule has 31 heavy (non-hydrogen) atoms. The molecule has 0 aromatic carbocycles. The molecule has 2 aliphatic heterocycles. The SMILES string of the molecule is Cc1nc(N2CCC3(CC2)CO[C@@H](C)[C@H]3N)c2nccn2c1Sc1ccnc(N)c1Cl. The summed E-state index contributed by atoms with van der Waals surface area (Å²) in [5.74, 6) is 1.23. The number of anilines is 2. The van der Waals surface area contributed by atoms with Gasteiger partial charge in [-0.15, -0.1) is 0 Å². The molecule has 0 bridgehead atoms. The highest BCUT2D eigenvalue weighted by molar-refractivity contribution is 7.99. The number of nitrogens with two attached hydrogens (primary N) is 2. The summed E-state index contributed by atoms with van der Waals surface area (Å²) >= 11 is 7.89. The van der Waals surface area contributed by atoms with Crippen molar-refractivity contribution in [3.05, 3.63) is 35.4 Å². The van der Waals surface area contributed by atoms with Crippen molar-refractivity contribution in [1.82, 2.24) is 19.4 Å². The van der Waals surface area contributed by atoms with E-state index in [0.29, 0.717) is 10.8 Å². The van der Waals surface area contributed by atoms with E-state index in [0.717, 1.165) is 59.6 Å². The van der Waals surface area contributed by atoms with Gasteiger partial charge in [-0.05, 0) is 32.8 Å². The van der Waals surface area contributed by atoms with Crippen LogP contribution in [0.2, 0.25) is 5.02 Å². The summed E-state index contributed by atoms with van der Waals surface area (Å²) < 4.78 is 7.94. The Balaban J connectivity index is 1.45. The summed E-state index contributed by atoms with van der Waals surface area (Å²) in [5.41, 5.74) is 14.2. The van der Waals surface area contributed by atoms with Gasteiger partial charge in [-0.25, -0.2) is 15.0 Å². The Labute approximate surface area is 190 Å². The lowest BCUT2D eigenvalue weighted by atomic mass is 9.73. The number of aromatic nitrogens is 4. The van der Waals surface area contributed by atoms with Crippen LogP contribution in [0, 0.1) is 12.3 Å². The average Bonchev–Trinajstić information content (AvgIpc) is 3.35. The summed E-state index contributed by atoms with van der Waals surface area (Å²) in [6.07, 6.45) is 7.54. The molecule has 3 aromatic heterocycles. The number of fused-ring (bicyclic) bond motifs is 1. The highest BCUT2D eigenvalue weighted by atomic mass is 35.5. The largest absolute Gasteiger partial charge is 0.382 e. The molecule has 2 saturated heterocycles. The topological polar surface area (TPSA) is 108 Å². The molecule has 10 heteroatoms. The monoisotopic (exact) mass is 459 g/mol. The number of aryl methyl sites for hydroxylation is 1. The number of pyridine rings is 1. The molecule has 4 N–H and O–H groups in total. The molecule has 1 spiro atoms.